The number of fused-ring (bicyclic) bond motifs is 1. The Morgan fingerprint density at radius 2 is 1.97 bits per heavy atom. The molecule has 9 rings (SSSR count). The Morgan fingerprint density at radius 3 is 2.73 bits per heavy atom. The fourth-order valence-corrected chi connectivity index (χ4v) is 8.92. The molecule has 3 unspecified atom stereocenters. The first-order valence-electron chi connectivity index (χ1n) is 13.8. The van der Waals surface area contributed by atoms with E-state index in [2.05, 4.69) is 34.5 Å². The van der Waals surface area contributed by atoms with Crippen molar-refractivity contribution in [2.24, 2.45) is 11.3 Å². The van der Waals surface area contributed by atoms with Crippen LogP contribution in [-0.4, -0.2) is 61.9 Å². The minimum absolute atomic E-state index is 0.0574. The van der Waals surface area contributed by atoms with E-state index in [4.69, 9.17) is 14.2 Å². The molecule has 5 aliphatic carbocycles. The number of hydrogen-bond donors (Lipinski definition) is 1. The number of nitrogens with one attached hydrogen (secondary N) is 1. The minimum Gasteiger partial charge on any atom is -0.493 e. The lowest BCUT2D eigenvalue weighted by Gasteiger charge is -2.71. The first-order valence-corrected chi connectivity index (χ1v) is 13.8. The number of methoxy groups -OCH3 is 2. The van der Waals surface area contributed by atoms with Crippen molar-refractivity contribution in [1.29, 1.82) is 0 Å². The molecule has 0 radical (unpaired) electrons. The summed E-state index contributed by atoms with van der Waals surface area (Å²) in [4.78, 5) is 16.2. The van der Waals surface area contributed by atoms with Crippen molar-refractivity contribution in [3.63, 3.8) is 0 Å². The van der Waals surface area contributed by atoms with E-state index < -0.39 is 5.60 Å². The summed E-state index contributed by atoms with van der Waals surface area (Å²) in [5, 5.41) is 3.42. The molecule has 2 heterocycles. The van der Waals surface area contributed by atoms with Crippen molar-refractivity contribution in [3.8, 4) is 11.5 Å². The van der Waals surface area contributed by atoms with Crippen LogP contribution in [0.25, 0.3) is 0 Å². The van der Waals surface area contributed by atoms with Gasteiger partial charge in [0.1, 0.15) is 11.7 Å². The molecule has 6 atom stereocenters. The molecule has 2 aromatic rings. The second-order valence-electron chi connectivity index (χ2n) is 12.0. The topological polar surface area (TPSA) is 60.0 Å². The maximum absolute atomic E-state index is 13.5. The quantitative estimate of drug-likeness (QED) is 0.613. The Balaban J connectivity index is 1.30. The highest BCUT2D eigenvalue weighted by Crippen LogP contribution is 2.73. The molecule has 7 aliphatic rings. The first kappa shape index (κ1) is 22.2. The molecular formula is C31H34N2O4. The monoisotopic (exact) mass is 498 g/mol. The van der Waals surface area contributed by atoms with E-state index in [9.17, 15) is 4.79 Å². The van der Waals surface area contributed by atoms with Crippen molar-refractivity contribution in [1.82, 2.24) is 10.2 Å². The predicted octanol–water partition coefficient (Wildman–Crippen LogP) is 3.88. The van der Waals surface area contributed by atoms with E-state index in [1.807, 2.05) is 30.3 Å². The third-order valence-electron chi connectivity index (χ3n) is 10.7. The fourth-order valence-electron chi connectivity index (χ4n) is 8.92. The average molecular weight is 499 g/mol. The summed E-state index contributed by atoms with van der Waals surface area (Å²) in [7, 11) is 3.50. The van der Waals surface area contributed by atoms with E-state index in [0.29, 0.717) is 11.6 Å². The molecule has 1 saturated heterocycles. The normalized spacial score (nSPS) is 38.2. The maximum atomic E-state index is 13.5. The van der Waals surface area contributed by atoms with Gasteiger partial charge >= 0.3 is 0 Å². The zero-order valence-electron chi connectivity index (χ0n) is 21.5. The van der Waals surface area contributed by atoms with Crippen LogP contribution < -0.4 is 14.8 Å². The number of amides is 1. The number of carbonyl (C=O) groups excluding carboxylic acids is 1. The van der Waals surface area contributed by atoms with Crippen LogP contribution in [0.5, 0.6) is 11.5 Å². The van der Waals surface area contributed by atoms with Gasteiger partial charge in [0.25, 0.3) is 5.91 Å². The Morgan fingerprint density at radius 1 is 1.14 bits per heavy atom. The third-order valence-corrected chi connectivity index (χ3v) is 10.7. The lowest BCUT2D eigenvalue weighted by molar-refractivity contribution is -0.201. The van der Waals surface area contributed by atoms with Gasteiger partial charge in [-0.05, 0) is 68.3 Å². The summed E-state index contributed by atoms with van der Waals surface area (Å²) in [6, 6.07) is 14.0. The van der Waals surface area contributed by atoms with Crippen LogP contribution in [-0.2, 0) is 16.6 Å². The molecular weight excluding hydrogens is 464 g/mol. The van der Waals surface area contributed by atoms with E-state index >= 15 is 0 Å². The molecule has 2 spiro atoms. The molecule has 6 nitrogen and oxygen atoms in total. The summed E-state index contributed by atoms with van der Waals surface area (Å²) in [6.45, 7) is 2.25. The highest BCUT2D eigenvalue weighted by molar-refractivity contribution is 5.94. The summed E-state index contributed by atoms with van der Waals surface area (Å²) < 4.78 is 19.3. The van der Waals surface area contributed by atoms with Gasteiger partial charge in [-0.1, -0.05) is 36.4 Å². The summed E-state index contributed by atoms with van der Waals surface area (Å²) in [5.74, 6) is 2.46. The second kappa shape index (κ2) is 7.39. The maximum Gasteiger partial charge on any atom is 0.251 e. The fraction of sp³-hybridized carbons (Fsp3) is 0.516. The third kappa shape index (κ3) is 2.61. The molecule has 6 heteroatoms. The van der Waals surface area contributed by atoms with Gasteiger partial charge in [-0.25, -0.2) is 0 Å². The Bertz CT molecular complexity index is 1320. The summed E-state index contributed by atoms with van der Waals surface area (Å²) in [6.07, 6.45) is 10.1. The van der Waals surface area contributed by atoms with Crippen molar-refractivity contribution >= 4 is 5.91 Å². The number of ether oxygens (including phenoxy) is 3. The molecule has 37 heavy (non-hydrogen) atoms. The number of hydrogen-bond acceptors (Lipinski definition) is 5. The molecule has 1 amide bonds. The molecule has 2 aliphatic heterocycles. The number of nitrogens with zero attached hydrogens (tertiary/aromatic N) is 1. The van der Waals surface area contributed by atoms with Crippen LogP contribution in [0.3, 0.4) is 0 Å². The van der Waals surface area contributed by atoms with Crippen LogP contribution in [0.15, 0.2) is 54.6 Å². The van der Waals surface area contributed by atoms with Crippen molar-refractivity contribution in [3.05, 3.63) is 71.3 Å². The van der Waals surface area contributed by atoms with Crippen molar-refractivity contribution < 1.29 is 19.0 Å². The van der Waals surface area contributed by atoms with E-state index in [1.165, 1.54) is 30.5 Å². The first-order chi connectivity index (χ1) is 18.1. The van der Waals surface area contributed by atoms with Gasteiger partial charge < -0.3 is 19.5 Å². The van der Waals surface area contributed by atoms with Gasteiger partial charge in [0.05, 0.1) is 18.6 Å². The highest BCUT2D eigenvalue weighted by atomic mass is 16.6. The van der Waals surface area contributed by atoms with Gasteiger partial charge in [0.2, 0.25) is 0 Å². The lowest BCUT2D eigenvalue weighted by Crippen LogP contribution is -2.82. The van der Waals surface area contributed by atoms with Crippen LogP contribution >= 0.6 is 0 Å². The van der Waals surface area contributed by atoms with Crippen molar-refractivity contribution in [2.75, 3.05) is 27.3 Å². The molecule has 1 N–H and O–H groups in total. The lowest BCUT2D eigenvalue weighted by atomic mass is 9.38. The standard InChI is InChI=1S/C31H34N2O4/c1-35-22-11-10-21-16-24-29-12-13-31(36-2,23(17-29)32-27(34)20-6-4-3-5-7-20)28-30(29,25(21)26(22)37-28)14-15-33(24)18-19-8-9-19/h3-7,10-13,19,23-24,28H,8-9,14-18H2,1-2H3,(H,32,34)/t23?,24-,28?,29+,30-,31?/m0/s1. The number of rotatable bonds is 6. The highest BCUT2D eigenvalue weighted by Gasteiger charge is 2.79. The predicted molar refractivity (Wildman–Crippen MR) is 139 cm³/mol. The van der Waals surface area contributed by atoms with Crippen LogP contribution in [0, 0.1) is 11.3 Å². The average Bonchev–Trinajstić information content (AvgIpc) is 3.67. The van der Waals surface area contributed by atoms with E-state index in [-0.39, 0.29) is 28.9 Å². The van der Waals surface area contributed by atoms with E-state index in [0.717, 1.165) is 43.2 Å². The molecule has 0 aromatic heterocycles. The molecule has 2 saturated carbocycles. The minimum atomic E-state index is -0.756. The van der Waals surface area contributed by atoms with Crippen LogP contribution in [0.1, 0.15) is 47.2 Å². The summed E-state index contributed by atoms with van der Waals surface area (Å²) in [5.41, 5.74) is 2.33. The Labute approximate surface area is 218 Å². The molecule has 192 valence electrons. The molecule has 2 aromatic carbocycles. The zero-order valence-corrected chi connectivity index (χ0v) is 21.5. The number of carbonyl (C=O) groups is 1. The molecule has 4 bridgehead atoms. The second-order valence-corrected chi connectivity index (χ2v) is 12.0. The smallest absolute Gasteiger partial charge is 0.251 e. The van der Waals surface area contributed by atoms with Crippen LogP contribution in [0.2, 0.25) is 0 Å². The van der Waals surface area contributed by atoms with E-state index in [1.54, 1.807) is 14.2 Å². The summed E-state index contributed by atoms with van der Waals surface area (Å²) >= 11 is 0. The SMILES string of the molecule is COc1ccc2c3c1OC1C4(OC)C=C[C@@]5(CC4NC(=O)c4ccccc4)[C@H](C2)N(CC2CC2)CC[C@]315. The van der Waals surface area contributed by atoms with Gasteiger partial charge in [0.15, 0.2) is 11.5 Å². The van der Waals surface area contributed by atoms with Gasteiger partial charge in [-0.15, -0.1) is 0 Å². The number of benzene rings is 2. The van der Waals surface area contributed by atoms with Gasteiger partial charge in [0, 0.05) is 36.2 Å². The number of likely N-dealkylation sites (tertiary alicyclic amines) is 1. The number of piperidine rings is 1. The molecule has 3 fully saturated rings. The largest absolute Gasteiger partial charge is 0.493 e. The zero-order chi connectivity index (χ0) is 25.0. The Hall–Kier alpha value is -2.83. The van der Waals surface area contributed by atoms with Gasteiger partial charge in [-0.3, -0.25) is 9.69 Å². The Kier molecular flexibility index (Phi) is 4.43. The van der Waals surface area contributed by atoms with Crippen molar-refractivity contribution in [2.45, 2.75) is 61.3 Å². The van der Waals surface area contributed by atoms with Gasteiger partial charge in [-0.2, -0.15) is 0 Å². The van der Waals surface area contributed by atoms with Crippen LogP contribution in [0.4, 0.5) is 0 Å².